The quantitative estimate of drug-likeness (QED) is 0.491. The second kappa shape index (κ2) is 11.2. The fourth-order valence-electron chi connectivity index (χ4n) is 3.15. The Morgan fingerprint density at radius 1 is 1.07 bits per heavy atom. The Morgan fingerprint density at radius 3 is 2.23 bits per heavy atom. The van der Waals surface area contributed by atoms with Gasteiger partial charge >= 0.3 is 0 Å². The fraction of sp³-hybridized carbons (Fsp3) is 0.391. The second-order valence-electron chi connectivity index (χ2n) is 7.22. The van der Waals surface area contributed by atoms with Gasteiger partial charge in [0.05, 0.1) is 5.92 Å². The van der Waals surface area contributed by atoms with Crippen LogP contribution in [0.1, 0.15) is 42.3 Å². The summed E-state index contributed by atoms with van der Waals surface area (Å²) in [6, 6.07) is 9.13. The Hall–Kier alpha value is -3.06. The van der Waals surface area contributed by atoms with Crippen LogP contribution in [0.2, 0.25) is 0 Å². The van der Waals surface area contributed by atoms with Gasteiger partial charge in [-0.25, -0.2) is 5.43 Å². The number of anilines is 1. The number of amides is 2. The van der Waals surface area contributed by atoms with Crippen molar-refractivity contribution in [1.82, 2.24) is 15.3 Å². The molecular weight excluding hydrogens is 378 g/mol. The van der Waals surface area contributed by atoms with E-state index in [-0.39, 0.29) is 11.8 Å². The molecule has 2 rings (SSSR count). The molecule has 0 saturated heterocycles. The van der Waals surface area contributed by atoms with Crippen molar-refractivity contribution in [2.75, 3.05) is 25.0 Å². The first-order valence-corrected chi connectivity index (χ1v) is 10.2. The standard InChI is InChI=1S/C23H31N5O2/c1-6-28(7-2)15-20(23(30)25-21-16(3)9-8-10-17(21)4)18(5)26-27-22(29)19-11-13-24-14-12-19/h8-14,20H,6-7,15H2,1-5H3,(H,25,30)(H,27,29)/b26-18-/t20-/m0/s1. The summed E-state index contributed by atoms with van der Waals surface area (Å²) in [5.74, 6) is -0.978. The zero-order valence-electron chi connectivity index (χ0n) is 18.4. The molecule has 0 aliphatic heterocycles. The van der Waals surface area contributed by atoms with E-state index in [9.17, 15) is 9.59 Å². The number of aryl methyl sites for hydroxylation is 2. The van der Waals surface area contributed by atoms with Crippen LogP contribution in [0.15, 0.2) is 47.8 Å². The van der Waals surface area contributed by atoms with E-state index < -0.39 is 5.92 Å². The van der Waals surface area contributed by atoms with Crippen molar-refractivity contribution in [3.05, 3.63) is 59.4 Å². The molecule has 1 aromatic carbocycles. The summed E-state index contributed by atoms with van der Waals surface area (Å²) < 4.78 is 0. The number of hydrazone groups is 1. The third-order valence-electron chi connectivity index (χ3n) is 5.16. The molecule has 0 aliphatic rings. The van der Waals surface area contributed by atoms with E-state index in [0.717, 1.165) is 29.9 Å². The first-order valence-electron chi connectivity index (χ1n) is 10.2. The number of rotatable bonds is 9. The Bertz CT molecular complexity index is 871. The van der Waals surface area contributed by atoms with Gasteiger partial charge in [-0.1, -0.05) is 32.0 Å². The lowest BCUT2D eigenvalue weighted by Crippen LogP contribution is -2.40. The Balaban J connectivity index is 2.22. The summed E-state index contributed by atoms with van der Waals surface area (Å²) in [6.07, 6.45) is 3.10. The van der Waals surface area contributed by atoms with Gasteiger partial charge in [0.2, 0.25) is 5.91 Å². The highest BCUT2D eigenvalue weighted by Gasteiger charge is 2.25. The molecule has 30 heavy (non-hydrogen) atoms. The molecule has 7 nitrogen and oxygen atoms in total. The molecule has 7 heteroatoms. The number of pyridine rings is 1. The summed E-state index contributed by atoms with van der Waals surface area (Å²) in [5, 5.41) is 7.30. The van der Waals surface area contributed by atoms with Gasteiger partial charge in [-0.3, -0.25) is 14.6 Å². The van der Waals surface area contributed by atoms with Crippen LogP contribution in [-0.4, -0.2) is 47.0 Å². The van der Waals surface area contributed by atoms with Gasteiger partial charge in [-0.2, -0.15) is 5.10 Å². The summed E-state index contributed by atoms with van der Waals surface area (Å²) in [7, 11) is 0. The van der Waals surface area contributed by atoms with E-state index in [4.69, 9.17) is 0 Å². The van der Waals surface area contributed by atoms with Crippen molar-refractivity contribution in [2.24, 2.45) is 11.0 Å². The number of benzene rings is 1. The molecular formula is C23H31N5O2. The molecule has 0 fully saturated rings. The SMILES string of the molecule is CCN(CC)C[C@H](C(=O)Nc1c(C)cccc1C)/C(C)=N\NC(=O)c1ccncc1. The van der Waals surface area contributed by atoms with Crippen LogP contribution in [0.4, 0.5) is 5.69 Å². The van der Waals surface area contributed by atoms with Crippen LogP contribution in [0, 0.1) is 19.8 Å². The lowest BCUT2D eigenvalue weighted by Gasteiger charge is -2.25. The molecule has 0 spiro atoms. The molecule has 2 N–H and O–H groups in total. The number of aromatic nitrogens is 1. The van der Waals surface area contributed by atoms with E-state index in [0.29, 0.717) is 17.8 Å². The largest absolute Gasteiger partial charge is 0.325 e. The first-order chi connectivity index (χ1) is 14.4. The van der Waals surface area contributed by atoms with Crippen molar-refractivity contribution in [3.8, 4) is 0 Å². The Kier molecular flexibility index (Phi) is 8.68. The Morgan fingerprint density at radius 2 is 1.67 bits per heavy atom. The number of para-hydroxylation sites is 1. The normalized spacial score (nSPS) is 12.5. The average Bonchev–Trinajstić information content (AvgIpc) is 2.75. The maximum atomic E-state index is 13.2. The van der Waals surface area contributed by atoms with Crippen molar-refractivity contribution >= 4 is 23.2 Å². The zero-order valence-corrected chi connectivity index (χ0v) is 18.4. The number of carbonyl (C=O) groups excluding carboxylic acids is 2. The second-order valence-corrected chi connectivity index (χ2v) is 7.22. The van der Waals surface area contributed by atoms with Gasteiger partial charge < -0.3 is 10.2 Å². The minimum Gasteiger partial charge on any atom is -0.325 e. The summed E-state index contributed by atoms with van der Waals surface area (Å²) in [4.78, 5) is 31.6. The smallest absolute Gasteiger partial charge is 0.271 e. The lowest BCUT2D eigenvalue weighted by molar-refractivity contribution is -0.118. The van der Waals surface area contributed by atoms with Crippen LogP contribution in [-0.2, 0) is 4.79 Å². The summed E-state index contributed by atoms with van der Waals surface area (Å²) in [5.41, 5.74) is 6.39. The molecule has 0 unspecified atom stereocenters. The maximum Gasteiger partial charge on any atom is 0.271 e. The molecule has 1 aromatic heterocycles. The first kappa shape index (κ1) is 23.2. The third kappa shape index (κ3) is 6.22. The van der Waals surface area contributed by atoms with Crippen LogP contribution in [0.3, 0.4) is 0 Å². The van der Waals surface area contributed by atoms with Gasteiger partial charge in [0, 0.05) is 35.9 Å². The van der Waals surface area contributed by atoms with Gasteiger partial charge in [0.15, 0.2) is 0 Å². The van der Waals surface area contributed by atoms with E-state index in [1.807, 2.05) is 32.0 Å². The number of nitrogens with one attached hydrogen (secondary N) is 2. The van der Waals surface area contributed by atoms with E-state index in [1.54, 1.807) is 31.5 Å². The number of hydrogen-bond acceptors (Lipinski definition) is 5. The van der Waals surface area contributed by atoms with E-state index >= 15 is 0 Å². The van der Waals surface area contributed by atoms with Gasteiger partial charge in [-0.05, 0) is 57.1 Å². The fourth-order valence-corrected chi connectivity index (χ4v) is 3.15. The highest BCUT2D eigenvalue weighted by Crippen LogP contribution is 2.21. The van der Waals surface area contributed by atoms with E-state index in [1.165, 1.54) is 0 Å². The highest BCUT2D eigenvalue weighted by molar-refractivity contribution is 6.09. The molecule has 1 heterocycles. The van der Waals surface area contributed by atoms with Crippen LogP contribution < -0.4 is 10.7 Å². The van der Waals surface area contributed by atoms with Crippen LogP contribution >= 0.6 is 0 Å². The minimum atomic E-state index is -0.498. The van der Waals surface area contributed by atoms with Crippen molar-refractivity contribution in [2.45, 2.75) is 34.6 Å². The Labute approximate surface area is 178 Å². The van der Waals surface area contributed by atoms with Crippen LogP contribution in [0.5, 0.6) is 0 Å². The van der Waals surface area contributed by atoms with Gasteiger partial charge in [0.1, 0.15) is 0 Å². The monoisotopic (exact) mass is 409 g/mol. The summed E-state index contributed by atoms with van der Waals surface area (Å²) in [6.45, 7) is 12.0. The third-order valence-corrected chi connectivity index (χ3v) is 5.16. The predicted molar refractivity (Wildman–Crippen MR) is 121 cm³/mol. The zero-order chi connectivity index (χ0) is 22.1. The highest BCUT2D eigenvalue weighted by atomic mass is 16.2. The molecule has 160 valence electrons. The molecule has 0 radical (unpaired) electrons. The maximum absolute atomic E-state index is 13.2. The molecule has 2 aromatic rings. The molecule has 1 atom stereocenters. The summed E-state index contributed by atoms with van der Waals surface area (Å²) >= 11 is 0. The molecule has 0 bridgehead atoms. The van der Waals surface area contributed by atoms with Crippen molar-refractivity contribution < 1.29 is 9.59 Å². The van der Waals surface area contributed by atoms with Crippen molar-refractivity contribution in [3.63, 3.8) is 0 Å². The van der Waals surface area contributed by atoms with Crippen molar-refractivity contribution in [1.29, 1.82) is 0 Å². The van der Waals surface area contributed by atoms with Crippen LogP contribution in [0.25, 0.3) is 0 Å². The molecule has 2 amide bonds. The average molecular weight is 410 g/mol. The predicted octanol–water partition coefficient (Wildman–Crippen LogP) is 3.40. The number of hydrogen-bond donors (Lipinski definition) is 2. The molecule has 0 saturated carbocycles. The van der Waals surface area contributed by atoms with Gasteiger partial charge in [-0.15, -0.1) is 0 Å². The topological polar surface area (TPSA) is 86.7 Å². The number of carbonyl (C=O) groups is 2. The van der Waals surface area contributed by atoms with E-state index in [2.05, 4.69) is 39.6 Å². The number of nitrogens with zero attached hydrogens (tertiary/aromatic N) is 3. The molecule has 0 aliphatic carbocycles. The van der Waals surface area contributed by atoms with Gasteiger partial charge in [0.25, 0.3) is 5.91 Å². The minimum absolute atomic E-state index is 0.140. The lowest BCUT2D eigenvalue weighted by atomic mass is 10.0.